The number of unbranched alkanes of at least 4 members (excludes halogenated alkanes) is 20. The number of rotatable bonds is 42. The monoisotopic (exact) mass is 810 g/mol. The molecule has 0 amide bonds. The molecule has 0 aliphatic rings. The molecule has 0 saturated carbocycles. The number of likely N-dealkylation sites (N-methyl/N-ethyl adjacent to an activating group) is 1. The first-order valence-corrected chi connectivity index (χ1v) is 24.1. The summed E-state index contributed by atoms with van der Waals surface area (Å²) in [5, 5.41) is 2.82. The van der Waals surface area contributed by atoms with Crippen molar-refractivity contribution in [1.29, 1.82) is 0 Å². The zero-order valence-electron chi connectivity index (χ0n) is 36.1. The first-order valence-electron chi connectivity index (χ1n) is 22.6. The van der Waals surface area contributed by atoms with Gasteiger partial charge >= 0.3 is 19.8 Å². The number of ether oxygens (including phenoxy) is 2. The molecule has 10 heteroatoms. The fraction of sp³-hybridized carbons (Fsp3) is 0.783. The fourth-order valence-corrected chi connectivity index (χ4v) is 6.72. The van der Waals surface area contributed by atoms with Crippen LogP contribution in [0.5, 0.6) is 0 Å². The number of carbonyl (C=O) groups is 2. The third kappa shape index (κ3) is 41.6. The van der Waals surface area contributed by atoms with E-state index in [1.807, 2.05) is 0 Å². The van der Waals surface area contributed by atoms with Gasteiger partial charge in [0, 0.05) is 19.4 Å². The maximum atomic E-state index is 12.6. The second-order valence-corrected chi connectivity index (χ2v) is 16.3. The van der Waals surface area contributed by atoms with Gasteiger partial charge in [0.05, 0.1) is 13.2 Å². The Kier molecular flexibility index (Phi) is 41.0. The van der Waals surface area contributed by atoms with Gasteiger partial charge in [0.15, 0.2) is 6.10 Å². The van der Waals surface area contributed by atoms with E-state index >= 15 is 0 Å². The molecule has 326 valence electrons. The SMILES string of the molecule is CCCCC/C=C\C/C=C\C/C=C\CCCCCCC(=O)OC(COC(=O)CCCCCCCCC/C=C\CCCCCCCC)COP(=O)(O)OCCNC. The predicted molar refractivity (Wildman–Crippen MR) is 234 cm³/mol. The van der Waals surface area contributed by atoms with E-state index in [0.29, 0.717) is 13.0 Å². The Morgan fingerprint density at radius 3 is 1.48 bits per heavy atom. The minimum Gasteiger partial charge on any atom is -0.462 e. The van der Waals surface area contributed by atoms with Gasteiger partial charge in [0.25, 0.3) is 0 Å². The molecule has 0 rings (SSSR count). The molecule has 56 heavy (non-hydrogen) atoms. The second kappa shape index (κ2) is 42.6. The molecule has 9 nitrogen and oxygen atoms in total. The lowest BCUT2D eigenvalue weighted by Gasteiger charge is -2.20. The Bertz CT molecular complexity index is 1060. The van der Waals surface area contributed by atoms with Crippen molar-refractivity contribution >= 4 is 19.8 Å². The van der Waals surface area contributed by atoms with Crippen LogP contribution in [-0.4, -0.2) is 56.3 Å². The van der Waals surface area contributed by atoms with Gasteiger partial charge in [-0.05, 0) is 84.1 Å². The van der Waals surface area contributed by atoms with Gasteiger partial charge in [-0.15, -0.1) is 0 Å². The summed E-state index contributed by atoms with van der Waals surface area (Å²) in [4.78, 5) is 35.1. The van der Waals surface area contributed by atoms with E-state index in [1.165, 1.54) is 89.9 Å². The summed E-state index contributed by atoms with van der Waals surface area (Å²) in [6.07, 6.45) is 47.2. The number of hydrogen-bond donors (Lipinski definition) is 2. The Balaban J connectivity index is 4.25. The number of hydrogen-bond acceptors (Lipinski definition) is 8. The summed E-state index contributed by atoms with van der Waals surface area (Å²) in [6.45, 7) is 4.16. The van der Waals surface area contributed by atoms with Crippen molar-refractivity contribution in [2.45, 2.75) is 200 Å². The zero-order valence-corrected chi connectivity index (χ0v) is 37.0. The van der Waals surface area contributed by atoms with E-state index < -0.39 is 26.5 Å². The molecule has 2 unspecified atom stereocenters. The predicted octanol–water partition coefficient (Wildman–Crippen LogP) is 13.0. The van der Waals surface area contributed by atoms with E-state index in [0.717, 1.165) is 70.6 Å². The van der Waals surface area contributed by atoms with Gasteiger partial charge in [-0.2, -0.15) is 0 Å². The Morgan fingerprint density at radius 2 is 0.964 bits per heavy atom. The van der Waals surface area contributed by atoms with Crippen LogP contribution in [0.4, 0.5) is 0 Å². The highest BCUT2D eigenvalue weighted by atomic mass is 31.2. The molecule has 0 bridgehead atoms. The van der Waals surface area contributed by atoms with Crippen LogP contribution in [0.25, 0.3) is 0 Å². The van der Waals surface area contributed by atoms with E-state index in [9.17, 15) is 19.0 Å². The van der Waals surface area contributed by atoms with Crippen LogP contribution in [0.3, 0.4) is 0 Å². The summed E-state index contributed by atoms with van der Waals surface area (Å²) in [7, 11) is -2.66. The molecule has 2 atom stereocenters. The van der Waals surface area contributed by atoms with E-state index in [-0.39, 0.29) is 32.0 Å². The molecule has 0 saturated heterocycles. The summed E-state index contributed by atoms with van der Waals surface area (Å²) >= 11 is 0. The third-order valence-electron chi connectivity index (χ3n) is 9.42. The average Bonchev–Trinajstić information content (AvgIpc) is 3.18. The number of phosphoric ester groups is 1. The molecule has 0 fully saturated rings. The van der Waals surface area contributed by atoms with Crippen molar-refractivity contribution < 1.29 is 37.6 Å². The van der Waals surface area contributed by atoms with Crippen molar-refractivity contribution in [1.82, 2.24) is 5.32 Å². The molecule has 0 aliphatic carbocycles. The van der Waals surface area contributed by atoms with Crippen molar-refractivity contribution in [2.24, 2.45) is 0 Å². The third-order valence-corrected chi connectivity index (χ3v) is 10.4. The fourth-order valence-electron chi connectivity index (χ4n) is 5.97. The van der Waals surface area contributed by atoms with Gasteiger partial charge in [0.2, 0.25) is 0 Å². The minimum absolute atomic E-state index is 0.0234. The van der Waals surface area contributed by atoms with Crippen molar-refractivity contribution in [3.8, 4) is 0 Å². The number of allylic oxidation sites excluding steroid dienone is 8. The highest BCUT2D eigenvalue weighted by molar-refractivity contribution is 7.47. The van der Waals surface area contributed by atoms with Gasteiger partial charge in [-0.1, -0.05) is 152 Å². The molecule has 2 N–H and O–H groups in total. The van der Waals surface area contributed by atoms with Crippen molar-refractivity contribution in [3.05, 3.63) is 48.6 Å². The van der Waals surface area contributed by atoms with Crippen LogP contribution in [-0.2, 0) is 32.7 Å². The standard InChI is InChI=1S/C46H84NO8P/c1-4-6-8-10-12-14-16-18-20-22-24-26-28-30-32-34-36-38-45(48)52-42-44(43-54-56(50,51)53-41-40-47-3)55-46(49)39-37-35-33-31-29-27-25-23-21-19-17-15-13-11-9-7-5-2/h13,15,18-21,25,27,44,47H,4-12,14,16-17,22-24,26,28-43H2,1-3H3,(H,50,51)/b15-13-,20-18-,21-19-,27-25-. The molecule has 0 heterocycles. The lowest BCUT2D eigenvalue weighted by molar-refractivity contribution is -0.161. The summed E-state index contributed by atoms with van der Waals surface area (Å²) in [5.74, 6) is -0.836. The molecule has 0 aromatic carbocycles. The minimum atomic E-state index is -4.36. The Labute approximate surface area is 343 Å². The highest BCUT2D eigenvalue weighted by Gasteiger charge is 2.26. The van der Waals surface area contributed by atoms with Crippen LogP contribution in [0.2, 0.25) is 0 Å². The van der Waals surface area contributed by atoms with Crippen LogP contribution < -0.4 is 5.32 Å². The van der Waals surface area contributed by atoms with E-state index in [1.54, 1.807) is 7.05 Å². The van der Waals surface area contributed by atoms with E-state index in [2.05, 4.69) is 67.8 Å². The van der Waals surface area contributed by atoms with Crippen LogP contribution in [0, 0.1) is 0 Å². The maximum Gasteiger partial charge on any atom is 0.472 e. The molecule has 0 aromatic heterocycles. The van der Waals surface area contributed by atoms with Gasteiger partial charge in [-0.25, -0.2) is 4.57 Å². The smallest absolute Gasteiger partial charge is 0.462 e. The van der Waals surface area contributed by atoms with Crippen LogP contribution in [0.15, 0.2) is 48.6 Å². The van der Waals surface area contributed by atoms with Gasteiger partial charge < -0.3 is 19.7 Å². The summed E-state index contributed by atoms with van der Waals surface area (Å²) in [6, 6.07) is 0. The lowest BCUT2D eigenvalue weighted by Crippen LogP contribution is -2.29. The number of phosphoric acid groups is 1. The second-order valence-electron chi connectivity index (χ2n) is 14.9. The van der Waals surface area contributed by atoms with Gasteiger partial charge in [0.1, 0.15) is 6.61 Å². The van der Waals surface area contributed by atoms with Crippen molar-refractivity contribution in [3.63, 3.8) is 0 Å². The van der Waals surface area contributed by atoms with E-state index in [4.69, 9.17) is 18.5 Å². The number of carbonyl (C=O) groups excluding carboxylic acids is 2. The van der Waals surface area contributed by atoms with Crippen molar-refractivity contribution in [2.75, 3.05) is 33.4 Å². The number of esters is 2. The molecule has 0 radical (unpaired) electrons. The first kappa shape index (κ1) is 54.0. The molecular weight excluding hydrogens is 725 g/mol. The summed E-state index contributed by atoms with van der Waals surface area (Å²) < 4.78 is 33.2. The molecule has 0 aromatic rings. The summed E-state index contributed by atoms with van der Waals surface area (Å²) in [5.41, 5.74) is 0. The zero-order chi connectivity index (χ0) is 41.1. The lowest BCUT2D eigenvalue weighted by atomic mass is 10.1. The Morgan fingerprint density at radius 1 is 0.554 bits per heavy atom. The van der Waals surface area contributed by atoms with Crippen LogP contribution >= 0.6 is 7.82 Å². The average molecular weight is 810 g/mol. The quantitative estimate of drug-likeness (QED) is 0.0269. The molecule has 0 aliphatic heterocycles. The number of nitrogens with one attached hydrogen (secondary N) is 1. The molecule has 0 spiro atoms. The normalized spacial score (nSPS) is 13.7. The van der Waals surface area contributed by atoms with Crippen LogP contribution in [0.1, 0.15) is 194 Å². The Hall–Kier alpha value is -2.03. The largest absolute Gasteiger partial charge is 0.472 e. The maximum absolute atomic E-state index is 12.6. The first-order chi connectivity index (χ1) is 27.3. The van der Waals surface area contributed by atoms with Gasteiger partial charge in [-0.3, -0.25) is 18.6 Å². The topological polar surface area (TPSA) is 120 Å². The highest BCUT2D eigenvalue weighted by Crippen LogP contribution is 2.43. The molecular formula is C46H84NO8P.